The van der Waals surface area contributed by atoms with Crippen molar-refractivity contribution < 1.29 is 13.0 Å². The SMILES string of the molecule is O=S(=O)(O)C(=Cc1ccccc1)c1cncnc1. The first-order valence-corrected chi connectivity index (χ1v) is 6.51. The topological polar surface area (TPSA) is 80.2 Å². The van der Waals surface area contributed by atoms with Gasteiger partial charge in [-0.2, -0.15) is 8.42 Å². The Morgan fingerprint density at radius 1 is 1.11 bits per heavy atom. The van der Waals surface area contributed by atoms with Crippen LogP contribution in [0.2, 0.25) is 0 Å². The van der Waals surface area contributed by atoms with E-state index in [1.165, 1.54) is 24.8 Å². The van der Waals surface area contributed by atoms with Crippen LogP contribution in [0.3, 0.4) is 0 Å². The lowest BCUT2D eigenvalue weighted by molar-refractivity contribution is 0.496. The predicted octanol–water partition coefficient (Wildman–Crippen LogP) is 1.86. The number of hydrogen-bond donors (Lipinski definition) is 1. The summed E-state index contributed by atoms with van der Waals surface area (Å²) < 4.78 is 32.0. The number of rotatable bonds is 3. The van der Waals surface area contributed by atoms with Gasteiger partial charge in [0.05, 0.1) is 0 Å². The zero-order valence-electron chi connectivity index (χ0n) is 9.26. The summed E-state index contributed by atoms with van der Waals surface area (Å²) in [6.07, 6.45) is 5.31. The highest BCUT2D eigenvalue weighted by molar-refractivity contribution is 7.95. The van der Waals surface area contributed by atoms with Crippen LogP contribution in [0.5, 0.6) is 0 Å². The van der Waals surface area contributed by atoms with Crippen molar-refractivity contribution in [3.8, 4) is 0 Å². The van der Waals surface area contributed by atoms with Crippen molar-refractivity contribution in [2.24, 2.45) is 0 Å². The standard InChI is InChI=1S/C12H10N2O3S/c15-18(16,17)12(11-7-13-9-14-8-11)6-10-4-2-1-3-5-10/h1-9H,(H,15,16,17). The summed E-state index contributed by atoms with van der Waals surface area (Å²) >= 11 is 0. The molecule has 2 rings (SSSR count). The van der Waals surface area contributed by atoms with Gasteiger partial charge >= 0.3 is 0 Å². The first-order valence-electron chi connectivity index (χ1n) is 5.07. The molecule has 0 aliphatic rings. The Hall–Kier alpha value is -2.05. The van der Waals surface area contributed by atoms with Crippen molar-refractivity contribution in [2.75, 3.05) is 0 Å². The summed E-state index contributed by atoms with van der Waals surface area (Å²) in [5, 5.41) is 0. The molecule has 6 heteroatoms. The second kappa shape index (κ2) is 5.07. The Bertz CT molecular complexity index is 652. The van der Waals surface area contributed by atoms with E-state index in [0.29, 0.717) is 5.56 Å². The summed E-state index contributed by atoms with van der Waals surface area (Å²) in [5.41, 5.74) is 0.901. The molecule has 1 aromatic heterocycles. The van der Waals surface area contributed by atoms with Crippen molar-refractivity contribution >= 4 is 21.1 Å². The molecule has 0 radical (unpaired) electrons. The maximum atomic E-state index is 11.4. The molecule has 92 valence electrons. The van der Waals surface area contributed by atoms with Gasteiger partial charge in [0.15, 0.2) is 0 Å². The van der Waals surface area contributed by atoms with Crippen molar-refractivity contribution in [1.82, 2.24) is 9.97 Å². The second-order valence-corrected chi connectivity index (χ2v) is 4.91. The fraction of sp³-hybridized carbons (Fsp3) is 0. The molecule has 1 aromatic carbocycles. The number of benzene rings is 1. The van der Waals surface area contributed by atoms with Crippen LogP contribution in [0.15, 0.2) is 49.1 Å². The maximum absolute atomic E-state index is 11.4. The lowest BCUT2D eigenvalue weighted by Crippen LogP contribution is -2.02. The van der Waals surface area contributed by atoms with Gasteiger partial charge in [-0.05, 0) is 11.6 Å². The van der Waals surface area contributed by atoms with Crippen molar-refractivity contribution in [3.05, 3.63) is 60.2 Å². The van der Waals surface area contributed by atoms with Crippen molar-refractivity contribution in [3.63, 3.8) is 0 Å². The first-order chi connectivity index (χ1) is 8.57. The maximum Gasteiger partial charge on any atom is 0.295 e. The van der Waals surface area contributed by atoms with Gasteiger partial charge in [-0.15, -0.1) is 0 Å². The minimum absolute atomic E-state index is 0.227. The van der Waals surface area contributed by atoms with Crippen LogP contribution >= 0.6 is 0 Å². The molecule has 0 spiro atoms. The van der Waals surface area contributed by atoms with E-state index in [9.17, 15) is 13.0 Å². The van der Waals surface area contributed by atoms with E-state index >= 15 is 0 Å². The molecule has 1 N–H and O–H groups in total. The highest BCUT2D eigenvalue weighted by Crippen LogP contribution is 2.21. The fourth-order valence-corrected chi connectivity index (χ4v) is 2.12. The fourth-order valence-electron chi connectivity index (χ4n) is 1.43. The van der Waals surface area contributed by atoms with Gasteiger partial charge in [0.1, 0.15) is 11.2 Å². The second-order valence-electron chi connectivity index (χ2n) is 3.52. The van der Waals surface area contributed by atoms with Gasteiger partial charge in [0.25, 0.3) is 10.1 Å². The lowest BCUT2D eigenvalue weighted by Gasteiger charge is -2.03. The Labute approximate surface area is 105 Å². The molecule has 0 aliphatic carbocycles. The summed E-state index contributed by atoms with van der Waals surface area (Å²) in [4.78, 5) is 7.24. The number of nitrogens with zero attached hydrogens (tertiary/aromatic N) is 2. The van der Waals surface area contributed by atoms with Crippen LogP contribution in [-0.4, -0.2) is 22.9 Å². The molecular weight excluding hydrogens is 252 g/mol. The minimum atomic E-state index is -4.34. The van der Waals surface area contributed by atoms with Gasteiger partial charge in [0, 0.05) is 18.0 Å². The average molecular weight is 262 g/mol. The van der Waals surface area contributed by atoms with E-state index < -0.39 is 10.1 Å². The Morgan fingerprint density at radius 3 is 2.28 bits per heavy atom. The Morgan fingerprint density at radius 2 is 1.72 bits per heavy atom. The van der Waals surface area contributed by atoms with E-state index in [1.54, 1.807) is 24.3 Å². The first kappa shape index (κ1) is 12.4. The quantitative estimate of drug-likeness (QED) is 0.854. The van der Waals surface area contributed by atoms with Crippen molar-refractivity contribution in [1.29, 1.82) is 0 Å². The zero-order valence-corrected chi connectivity index (χ0v) is 10.1. The molecule has 0 fully saturated rings. The minimum Gasteiger partial charge on any atom is -0.282 e. The zero-order chi connectivity index (χ0) is 13.0. The van der Waals surface area contributed by atoms with Gasteiger partial charge in [-0.3, -0.25) is 4.55 Å². The molecule has 0 amide bonds. The third kappa shape index (κ3) is 2.99. The van der Waals surface area contributed by atoms with Gasteiger partial charge in [0.2, 0.25) is 0 Å². The van der Waals surface area contributed by atoms with Gasteiger partial charge < -0.3 is 0 Å². The van der Waals surface area contributed by atoms with Crippen LogP contribution in [0.4, 0.5) is 0 Å². The van der Waals surface area contributed by atoms with Crippen LogP contribution in [0, 0.1) is 0 Å². The van der Waals surface area contributed by atoms with Gasteiger partial charge in [-0.1, -0.05) is 30.3 Å². The predicted molar refractivity (Wildman–Crippen MR) is 67.9 cm³/mol. The molecule has 0 aliphatic heterocycles. The smallest absolute Gasteiger partial charge is 0.282 e. The highest BCUT2D eigenvalue weighted by atomic mass is 32.2. The molecule has 18 heavy (non-hydrogen) atoms. The molecule has 5 nitrogen and oxygen atoms in total. The molecule has 0 unspecified atom stereocenters. The normalized spacial score (nSPS) is 12.4. The Kier molecular flexibility index (Phi) is 3.50. The molecule has 0 bridgehead atoms. The number of aromatic nitrogens is 2. The van der Waals surface area contributed by atoms with E-state index in [4.69, 9.17) is 0 Å². The third-order valence-corrected chi connectivity index (χ3v) is 3.13. The number of hydrogen-bond acceptors (Lipinski definition) is 4. The largest absolute Gasteiger partial charge is 0.295 e. The molecule has 2 aromatic rings. The van der Waals surface area contributed by atoms with Crippen LogP contribution < -0.4 is 0 Å². The lowest BCUT2D eigenvalue weighted by atomic mass is 10.2. The average Bonchev–Trinajstić information content (AvgIpc) is 2.37. The van der Waals surface area contributed by atoms with Crippen LogP contribution in [-0.2, 0) is 10.1 Å². The van der Waals surface area contributed by atoms with E-state index in [1.807, 2.05) is 6.07 Å². The Balaban J connectivity index is 2.56. The van der Waals surface area contributed by atoms with Crippen LogP contribution in [0.25, 0.3) is 11.0 Å². The highest BCUT2D eigenvalue weighted by Gasteiger charge is 2.16. The molecule has 0 saturated heterocycles. The molecule has 1 heterocycles. The molecule has 0 saturated carbocycles. The monoisotopic (exact) mass is 262 g/mol. The molecule has 0 atom stereocenters. The van der Waals surface area contributed by atoms with Gasteiger partial charge in [-0.25, -0.2) is 9.97 Å². The summed E-state index contributed by atoms with van der Waals surface area (Å²) in [7, 11) is -4.34. The molecular formula is C12H10N2O3S. The van der Waals surface area contributed by atoms with E-state index in [0.717, 1.165) is 0 Å². The summed E-state index contributed by atoms with van der Waals surface area (Å²) in [6, 6.07) is 8.82. The summed E-state index contributed by atoms with van der Waals surface area (Å²) in [6.45, 7) is 0. The van der Waals surface area contributed by atoms with E-state index in [-0.39, 0.29) is 10.5 Å². The van der Waals surface area contributed by atoms with E-state index in [2.05, 4.69) is 9.97 Å². The summed E-state index contributed by atoms with van der Waals surface area (Å²) in [5.74, 6) is 0. The van der Waals surface area contributed by atoms with Crippen molar-refractivity contribution in [2.45, 2.75) is 0 Å². The third-order valence-electron chi connectivity index (χ3n) is 2.22. The van der Waals surface area contributed by atoms with Crippen LogP contribution in [0.1, 0.15) is 11.1 Å².